The number of nitrogens with zero attached hydrogens (tertiary/aromatic N) is 2. The number of pyridine rings is 1. The Kier molecular flexibility index (Phi) is 11.9. The van der Waals surface area contributed by atoms with Gasteiger partial charge in [-0.15, -0.1) is 6.58 Å². The molecule has 3 saturated carbocycles. The van der Waals surface area contributed by atoms with Crippen LogP contribution in [0.5, 0.6) is 17.4 Å². The van der Waals surface area contributed by atoms with Crippen molar-refractivity contribution in [1.29, 1.82) is 0 Å². The normalized spacial score (nSPS) is 28.1. The fourth-order valence-electron chi connectivity index (χ4n) is 9.32. The van der Waals surface area contributed by atoms with E-state index in [9.17, 15) is 27.6 Å². The van der Waals surface area contributed by atoms with Gasteiger partial charge < -0.3 is 23.8 Å². The third-order valence-electron chi connectivity index (χ3n) is 12.9. The van der Waals surface area contributed by atoms with Gasteiger partial charge in [0.25, 0.3) is 0 Å². The number of allylic oxidation sites excluding steroid dienone is 1. The van der Waals surface area contributed by atoms with Crippen LogP contribution in [-0.2, 0) is 40.4 Å². The number of carbonyl (C=O) groups is 4. The fraction of sp³-hybridized carbons (Fsp3) is 0.659. The summed E-state index contributed by atoms with van der Waals surface area (Å²) in [5, 5.41) is 0.125. The Hall–Kier alpha value is -4.20. The molecule has 0 spiro atoms. The van der Waals surface area contributed by atoms with E-state index in [1.165, 1.54) is 0 Å². The second-order valence-corrected chi connectivity index (χ2v) is 20.3. The largest absolute Gasteiger partial charge is 0.496 e. The number of ketones is 1. The van der Waals surface area contributed by atoms with E-state index >= 15 is 0 Å². The van der Waals surface area contributed by atoms with Crippen molar-refractivity contribution in [3.63, 3.8) is 0 Å². The molecule has 7 rings (SSSR count). The molecule has 1 saturated heterocycles. The standard InChI is InChI=1S/C44H59N3O10S/c1-7-29-22-44(29,42(51)46-58(52,53)31-14-15-31)23-36(48)35-18-30-24-47(35)41(50)32(27-11-8-9-12-27)19-40(49)55-25-43(4,5)16-10-13-28-17-33-34(20-37(28)54-6)45-39(56-26(2)3)21-38(33)57-30/h7,17,20-21,26-27,29-32,35H,1,8-16,18-19,22-25H2,2-6H3,(H,46,51)/t29-,30-,32+,35+,44-/m1/s1. The predicted molar refractivity (Wildman–Crippen MR) is 217 cm³/mol. The van der Waals surface area contributed by atoms with Gasteiger partial charge in [-0.05, 0) is 94.1 Å². The Balaban J connectivity index is 1.27. The maximum atomic E-state index is 14.9. The number of aromatic nitrogens is 1. The molecule has 2 aliphatic heterocycles. The highest BCUT2D eigenvalue weighted by Gasteiger charge is 2.61. The molecule has 5 aliphatic rings. The number of ether oxygens (including phenoxy) is 4. The van der Waals surface area contributed by atoms with Gasteiger partial charge in [0, 0.05) is 30.4 Å². The lowest BCUT2D eigenvalue weighted by molar-refractivity contribution is -0.153. The topological polar surface area (TPSA) is 168 Å². The molecule has 2 aromatic rings. The number of Topliss-reactive ketones (excluding diaryl/α,β-unsaturated/α-hetero) is 1. The van der Waals surface area contributed by atoms with Crippen molar-refractivity contribution in [2.24, 2.45) is 28.6 Å². The van der Waals surface area contributed by atoms with Gasteiger partial charge in [0.05, 0.1) is 60.9 Å². The van der Waals surface area contributed by atoms with Crippen LogP contribution in [0.1, 0.15) is 110 Å². The molecule has 1 N–H and O–H groups in total. The van der Waals surface area contributed by atoms with Crippen molar-refractivity contribution < 1.29 is 46.5 Å². The van der Waals surface area contributed by atoms with Crippen molar-refractivity contribution >= 4 is 44.5 Å². The minimum Gasteiger partial charge on any atom is -0.496 e. The van der Waals surface area contributed by atoms with Crippen LogP contribution in [0.15, 0.2) is 30.9 Å². The summed E-state index contributed by atoms with van der Waals surface area (Å²) < 4.78 is 52.6. The lowest BCUT2D eigenvalue weighted by atomic mass is 9.85. The molecule has 316 valence electrons. The summed E-state index contributed by atoms with van der Waals surface area (Å²) in [7, 11) is -2.24. The maximum Gasteiger partial charge on any atom is 0.306 e. The average Bonchev–Trinajstić information content (AvgIpc) is 4.04. The van der Waals surface area contributed by atoms with Crippen molar-refractivity contribution in [3.8, 4) is 17.4 Å². The summed E-state index contributed by atoms with van der Waals surface area (Å²) in [6.07, 6.45) is 7.49. The summed E-state index contributed by atoms with van der Waals surface area (Å²) >= 11 is 0. The number of carbonyl (C=O) groups excluding carboxylic acids is 4. The molecule has 1 aromatic heterocycles. The highest BCUT2D eigenvalue weighted by atomic mass is 32.2. The van der Waals surface area contributed by atoms with Crippen molar-refractivity contribution in [2.75, 3.05) is 20.3 Å². The summed E-state index contributed by atoms with van der Waals surface area (Å²) in [6, 6.07) is 4.66. The first kappa shape index (κ1) is 41.9. The average molecular weight is 822 g/mol. The number of esters is 1. The van der Waals surface area contributed by atoms with Gasteiger partial charge in [0.15, 0.2) is 5.78 Å². The summed E-state index contributed by atoms with van der Waals surface area (Å²) in [5.41, 5.74) is -0.0591. The molecule has 0 unspecified atom stereocenters. The number of hydrogen-bond acceptors (Lipinski definition) is 11. The Morgan fingerprint density at radius 1 is 1.10 bits per heavy atom. The molecule has 0 radical (unpaired) electrons. The molecule has 1 aromatic carbocycles. The molecule has 4 bridgehead atoms. The third-order valence-corrected chi connectivity index (χ3v) is 14.7. The third kappa shape index (κ3) is 9.01. The molecule has 13 nitrogen and oxygen atoms in total. The Bertz CT molecular complexity index is 2060. The van der Waals surface area contributed by atoms with E-state index in [2.05, 4.69) is 25.1 Å². The zero-order valence-electron chi connectivity index (χ0n) is 34.5. The summed E-state index contributed by atoms with van der Waals surface area (Å²) in [5.74, 6) is -1.46. The highest BCUT2D eigenvalue weighted by molar-refractivity contribution is 7.90. The van der Waals surface area contributed by atoms with Gasteiger partial charge >= 0.3 is 5.97 Å². The molecule has 3 heterocycles. The van der Waals surface area contributed by atoms with Gasteiger partial charge in [-0.2, -0.15) is 0 Å². The van der Waals surface area contributed by atoms with Crippen molar-refractivity contribution in [3.05, 3.63) is 36.4 Å². The number of sulfonamides is 1. The smallest absolute Gasteiger partial charge is 0.306 e. The van der Waals surface area contributed by atoms with Gasteiger partial charge in [-0.1, -0.05) is 32.8 Å². The van der Waals surface area contributed by atoms with E-state index in [1.807, 2.05) is 26.0 Å². The molecule has 4 fully saturated rings. The minimum atomic E-state index is -3.86. The first-order chi connectivity index (χ1) is 27.5. The van der Waals surface area contributed by atoms with Crippen LogP contribution in [0.3, 0.4) is 0 Å². The number of fused-ring (bicyclic) bond motifs is 3. The first-order valence-corrected chi connectivity index (χ1v) is 22.6. The van der Waals surface area contributed by atoms with Crippen LogP contribution in [0.25, 0.3) is 10.9 Å². The van der Waals surface area contributed by atoms with Crippen LogP contribution in [-0.4, -0.2) is 85.6 Å². The Labute approximate surface area is 342 Å². The number of rotatable bonds is 11. The van der Waals surface area contributed by atoms with Gasteiger partial charge in [-0.3, -0.25) is 23.9 Å². The number of amides is 2. The number of nitrogens with one attached hydrogen (secondary N) is 1. The molecular formula is C44H59N3O10S. The summed E-state index contributed by atoms with van der Waals surface area (Å²) in [4.78, 5) is 63.3. The zero-order chi connectivity index (χ0) is 41.6. The van der Waals surface area contributed by atoms with E-state index in [0.29, 0.717) is 42.2 Å². The van der Waals surface area contributed by atoms with Crippen LogP contribution < -0.4 is 18.9 Å². The van der Waals surface area contributed by atoms with Crippen LogP contribution >= 0.6 is 0 Å². The second kappa shape index (κ2) is 16.5. The summed E-state index contributed by atoms with van der Waals surface area (Å²) in [6.45, 7) is 12.1. The number of hydrogen-bond donors (Lipinski definition) is 1. The van der Waals surface area contributed by atoms with Crippen molar-refractivity contribution in [2.45, 2.75) is 135 Å². The lowest BCUT2D eigenvalue weighted by Crippen LogP contribution is -2.47. The lowest BCUT2D eigenvalue weighted by Gasteiger charge is -2.31. The van der Waals surface area contributed by atoms with E-state index in [1.54, 1.807) is 24.2 Å². The molecule has 3 aliphatic carbocycles. The number of aryl methyl sites for hydroxylation is 1. The van der Waals surface area contributed by atoms with Crippen LogP contribution in [0.2, 0.25) is 0 Å². The van der Waals surface area contributed by atoms with E-state index in [4.69, 9.17) is 23.9 Å². The number of benzene rings is 1. The number of cyclic esters (lactones) is 1. The Morgan fingerprint density at radius 2 is 1.84 bits per heavy atom. The minimum absolute atomic E-state index is 0.0546. The van der Waals surface area contributed by atoms with E-state index in [-0.39, 0.29) is 68.0 Å². The fourth-order valence-corrected chi connectivity index (χ4v) is 10.7. The highest BCUT2D eigenvalue weighted by Crippen LogP contribution is 2.57. The maximum absolute atomic E-state index is 14.9. The SMILES string of the molecule is C=C[C@@H]1C[C@]1(CC(=O)[C@@H]1C[C@@H]2CN1C(=O)[C@H](C1CCCC1)CC(=O)OCC(C)(C)CCCc1cc3c(cc(OC(C)C)nc3cc1OC)O2)C(=O)NS(=O)(=O)C1CC1. The van der Waals surface area contributed by atoms with Crippen LogP contribution in [0, 0.1) is 28.6 Å². The molecule has 58 heavy (non-hydrogen) atoms. The van der Waals surface area contributed by atoms with Crippen molar-refractivity contribution in [1.82, 2.24) is 14.6 Å². The van der Waals surface area contributed by atoms with Gasteiger partial charge in [-0.25, -0.2) is 13.4 Å². The Morgan fingerprint density at radius 3 is 2.50 bits per heavy atom. The molecule has 2 amide bonds. The molecule has 5 atom stereocenters. The second-order valence-electron chi connectivity index (χ2n) is 18.3. The zero-order valence-corrected chi connectivity index (χ0v) is 35.4. The monoisotopic (exact) mass is 821 g/mol. The molecule has 14 heteroatoms. The van der Waals surface area contributed by atoms with E-state index in [0.717, 1.165) is 49.5 Å². The van der Waals surface area contributed by atoms with Crippen LogP contribution in [0.4, 0.5) is 0 Å². The molecular weight excluding hydrogens is 763 g/mol. The first-order valence-electron chi connectivity index (χ1n) is 21.0. The van der Waals surface area contributed by atoms with Gasteiger partial charge in [0.1, 0.15) is 17.6 Å². The van der Waals surface area contributed by atoms with E-state index < -0.39 is 56.5 Å². The predicted octanol–water partition coefficient (Wildman–Crippen LogP) is 6.24. The number of methoxy groups -OCH3 is 1. The van der Waals surface area contributed by atoms with Gasteiger partial charge in [0.2, 0.25) is 27.7 Å². The quantitative estimate of drug-likeness (QED) is 0.201.